The molecule has 1 aromatic heterocycles. The van der Waals surface area contributed by atoms with Crippen molar-refractivity contribution < 1.29 is 4.79 Å². The van der Waals surface area contributed by atoms with Crippen molar-refractivity contribution in [1.82, 2.24) is 20.0 Å². The maximum atomic E-state index is 12.6. The van der Waals surface area contributed by atoms with E-state index in [1.807, 2.05) is 15.8 Å². The van der Waals surface area contributed by atoms with Gasteiger partial charge in [0.25, 0.3) is 0 Å². The van der Waals surface area contributed by atoms with Gasteiger partial charge in [-0.1, -0.05) is 19.3 Å². The highest BCUT2D eigenvalue weighted by Gasteiger charge is 2.21. The zero-order valence-electron chi connectivity index (χ0n) is 13.5. The van der Waals surface area contributed by atoms with E-state index in [1.165, 1.54) is 37.8 Å². The van der Waals surface area contributed by atoms with Crippen molar-refractivity contribution in [3.63, 3.8) is 0 Å². The van der Waals surface area contributed by atoms with Gasteiger partial charge >= 0.3 is 0 Å². The van der Waals surface area contributed by atoms with E-state index < -0.39 is 0 Å². The molecule has 0 unspecified atom stereocenters. The van der Waals surface area contributed by atoms with Crippen LogP contribution in [0.3, 0.4) is 0 Å². The summed E-state index contributed by atoms with van der Waals surface area (Å²) < 4.78 is 1.93. The molecule has 1 N–H and O–H groups in total. The summed E-state index contributed by atoms with van der Waals surface area (Å²) in [7, 11) is 0. The molecule has 5 nitrogen and oxygen atoms in total. The second-order valence-corrected chi connectivity index (χ2v) is 6.61. The van der Waals surface area contributed by atoms with Crippen molar-refractivity contribution in [3.05, 3.63) is 18.0 Å². The molecule has 1 amide bonds. The van der Waals surface area contributed by atoms with Crippen molar-refractivity contribution in [2.75, 3.05) is 26.2 Å². The number of aromatic nitrogens is 2. The summed E-state index contributed by atoms with van der Waals surface area (Å²) in [6.07, 6.45) is 10.3. The van der Waals surface area contributed by atoms with Crippen LogP contribution in [0.25, 0.3) is 0 Å². The van der Waals surface area contributed by atoms with Gasteiger partial charge in [-0.05, 0) is 38.3 Å². The third kappa shape index (κ3) is 3.88. The number of amides is 1. The number of nitrogens with one attached hydrogen (secondary N) is 1. The van der Waals surface area contributed by atoms with E-state index in [1.54, 1.807) is 0 Å². The molecule has 122 valence electrons. The Morgan fingerprint density at radius 3 is 2.68 bits per heavy atom. The first-order chi connectivity index (χ1) is 10.8. The van der Waals surface area contributed by atoms with E-state index in [4.69, 9.17) is 0 Å². The molecular formula is C17H28N4O. The van der Waals surface area contributed by atoms with Crippen LogP contribution in [0, 0.1) is 0 Å². The quantitative estimate of drug-likeness (QED) is 0.931. The average molecular weight is 304 g/mol. The maximum Gasteiger partial charge on any atom is 0.244 e. The predicted molar refractivity (Wildman–Crippen MR) is 86.7 cm³/mol. The molecule has 0 aliphatic carbocycles. The molecule has 0 aromatic carbocycles. The number of nitrogens with zero attached hydrogens (tertiary/aromatic N) is 3. The van der Waals surface area contributed by atoms with Gasteiger partial charge in [0.1, 0.15) is 6.54 Å². The van der Waals surface area contributed by atoms with Gasteiger partial charge in [0.15, 0.2) is 0 Å². The molecule has 3 rings (SSSR count). The third-order valence-electron chi connectivity index (χ3n) is 4.96. The first-order valence-electron chi connectivity index (χ1n) is 8.85. The van der Waals surface area contributed by atoms with Crippen LogP contribution in [0.4, 0.5) is 0 Å². The van der Waals surface area contributed by atoms with Gasteiger partial charge in [-0.2, -0.15) is 5.10 Å². The number of likely N-dealkylation sites (tertiary alicyclic amines) is 1. The van der Waals surface area contributed by atoms with Crippen LogP contribution in [0.15, 0.2) is 12.3 Å². The molecule has 2 fully saturated rings. The van der Waals surface area contributed by atoms with Gasteiger partial charge in [0.2, 0.25) is 5.91 Å². The maximum absolute atomic E-state index is 12.6. The van der Waals surface area contributed by atoms with Crippen molar-refractivity contribution in [3.8, 4) is 0 Å². The summed E-state index contributed by atoms with van der Waals surface area (Å²) in [6.45, 7) is 4.35. The van der Waals surface area contributed by atoms with Crippen LogP contribution >= 0.6 is 0 Å². The molecule has 0 radical (unpaired) electrons. The Bertz CT molecular complexity index is 471. The van der Waals surface area contributed by atoms with Gasteiger partial charge in [-0.3, -0.25) is 9.48 Å². The van der Waals surface area contributed by atoms with E-state index in [-0.39, 0.29) is 5.91 Å². The fraction of sp³-hybridized carbons (Fsp3) is 0.765. The zero-order valence-corrected chi connectivity index (χ0v) is 13.5. The van der Waals surface area contributed by atoms with Gasteiger partial charge in [-0.15, -0.1) is 0 Å². The van der Waals surface area contributed by atoms with Crippen LogP contribution in [0.2, 0.25) is 0 Å². The lowest BCUT2D eigenvalue weighted by Crippen LogP contribution is -2.37. The summed E-state index contributed by atoms with van der Waals surface area (Å²) in [5.41, 5.74) is 1.22. The third-order valence-corrected chi connectivity index (χ3v) is 4.96. The normalized spacial score (nSPS) is 23.8. The molecule has 3 heterocycles. The van der Waals surface area contributed by atoms with Crippen LogP contribution in [-0.2, 0) is 11.3 Å². The second-order valence-electron chi connectivity index (χ2n) is 6.61. The molecule has 2 saturated heterocycles. The fourth-order valence-corrected chi connectivity index (χ4v) is 3.65. The Balaban J connectivity index is 1.62. The van der Waals surface area contributed by atoms with Crippen molar-refractivity contribution in [1.29, 1.82) is 0 Å². The standard InChI is InChI=1S/C17H28N4O/c22-17(20-11-4-2-1-3-5-12-20)14-21-16(8-10-19-21)15-7-6-9-18-13-15/h8,10,15,18H,1-7,9,11-14H2/t15-/m0/s1. The molecule has 22 heavy (non-hydrogen) atoms. The predicted octanol–water partition coefficient (Wildman–Crippen LogP) is 2.14. The number of rotatable bonds is 3. The Hall–Kier alpha value is -1.36. The minimum absolute atomic E-state index is 0.232. The lowest BCUT2D eigenvalue weighted by atomic mass is 9.96. The first kappa shape index (κ1) is 15.5. The van der Waals surface area contributed by atoms with Crippen molar-refractivity contribution in [2.45, 2.75) is 57.4 Å². The molecule has 0 spiro atoms. The van der Waals surface area contributed by atoms with E-state index >= 15 is 0 Å². The number of hydrogen-bond acceptors (Lipinski definition) is 3. The van der Waals surface area contributed by atoms with E-state index in [0.29, 0.717) is 12.5 Å². The topological polar surface area (TPSA) is 50.2 Å². The molecule has 0 bridgehead atoms. The zero-order chi connectivity index (χ0) is 15.2. The summed E-state index contributed by atoms with van der Waals surface area (Å²) in [4.78, 5) is 14.7. The Labute approximate surface area is 133 Å². The SMILES string of the molecule is O=C(Cn1nccc1[C@H]1CCCNC1)N1CCCCCCC1. The van der Waals surface area contributed by atoms with E-state index in [9.17, 15) is 4.79 Å². The highest BCUT2D eigenvalue weighted by molar-refractivity contribution is 5.76. The van der Waals surface area contributed by atoms with Crippen molar-refractivity contribution >= 4 is 5.91 Å². The summed E-state index contributed by atoms with van der Waals surface area (Å²) in [5, 5.41) is 7.86. The van der Waals surface area contributed by atoms with Crippen LogP contribution in [0.1, 0.15) is 56.6 Å². The highest BCUT2D eigenvalue weighted by Crippen LogP contribution is 2.23. The number of carbonyl (C=O) groups is 1. The molecule has 2 aliphatic heterocycles. The number of piperidine rings is 1. The Kier molecular flexibility index (Phi) is 5.48. The van der Waals surface area contributed by atoms with Gasteiger partial charge < -0.3 is 10.2 Å². The van der Waals surface area contributed by atoms with Crippen LogP contribution in [0.5, 0.6) is 0 Å². The molecule has 5 heteroatoms. The second kappa shape index (κ2) is 7.77. The Morgan fingerprint density at radius 1 is 1.18 bits per heavy atom. The summed E-state index contributed by atoms with van der Waals surface area (Å²) in [6, 6.07) is 2.08. The Morgan fingerprint density at radius 2 is 1.95 bits per heavy atom. The van der Waals surface area contributed by atoms with E-state index in [2.05, 4.69) is 16.5 Å². The summed E-state index contributed by atoms with van der Waals surface area (Å²) in [5.74, 6) is 0.729. The van der Waals surface area contributed by atoms with Crippen LogP contribution < -0.4 is 5.32 Å². The first-order valence-corrected chi connectivity index (χ1v) is 8.85. The molecule has 1 aromatic rings. The lowest BCUT2D eigenvalue weighted by Gasteiger charge is -2.26. The molecule has 0 saturated carbocycles. The van der Waals surface area contributed by atoms with E-state index in [0.717, 1.165) is 39.0 Å². The largest absolute Gasteiger partial charge is 0.341 e. The summed E-state index contributed by atoms with van der Waals surface area (Å²) >= 11 is 0. The average Bonchev–Trinajstić information content (AvgIpc) is 2.95. The fourth-order valence-electron chi connectivity index (χ4n) is 3.65. The number of carbonyl (C=O) groups excluding carboxylic acids is 1. The monoisotopic (exact) mass is 304 g/mol. The molecule has 1 atom stereocenters. The van der Waals surface area contributed by atoms with Gasteiger partial charge in [-0.25, -0.2) is 0 Å². The molecular weight excluding hydrogens is 276 g/mol. The lowest BCUT2D eigenvalue weighted by molar-refractivity contribution is -0.132. The van der Waals surface area contributed by atoms with Gasteiger partial charge in [0, 0.05) is 37.4 Å². The highest BCUT2D eigenvalue weighted by atomic mass is 16.2. The minimum Gasteiger partial charge on any atom is -0.341 e. The minimum atomic E-state index is 0.232. The van der Waals surface area contributed by atoms with Gasteiger partial charge in [0.05, 0.1) is 0 Å². The molecule has 2 aliphatic rings. The number of hydrogen-bond donors (Lipinski definition) is 1. The van der Waals surface area contributed by atoms with Crippen LogP contribution in [-0.4, -0.2) is 46.8 Å². The van der Waals surface area contributed by atoms with Crippen molar-refractivity contribution in [2.24, 2.45) is 0 Å². The smallest absolute Gasteiger partial charge is 0.244 e.